The van der Waals surface area contributed by atoms with Gasteiger partial charge in [-0.3, -0.25) is 14.4 Å². The highest BCUT2D eigenvalue weighted by molar-refractivity contribution is 6.02. The van der Waals surface area contributed by atoms with E-state index in [0.29, 0.717) is 29.1 Å². The zero-order valence-corrected chi connectivity index (χ0v) is 15.1. The lowest BCUT2D eigenvalue weighted by molar-refractivity contribution is -0.117. The van der Waals surface area contributed by atoms with Gasteiger partial charge < -0.3 is 25.8 Å². The van der Waals surface area contributed by atoms with Crippen molar-refractivity contribution in [2.45, 2.75) is 13.5 Å². The van der Waals surface area contributed by atoms with Crippen LogP contribution in [0.3, 0.4) is 0 Å². The molecule has 0 radical (unpaired) electrons. The lowest BCUT2D eigenvalue weighted by Gasteiger charge is -2.13. The first-order chi connectivity index (χ1) is 13.4. The van der Waals surface area contributed by atoms with Crippen LogP contribution in [0, 0.1) is 0 Å². The van der Waals surface area contributed by atoms with E-state index >= 15 is 0 Å². The summed E-state index contributed by atoms with van der Waals surface area (Å²) in [6, 6.07) is 8.05. The number of nitrogen functional groups attached to an aromatic ring is 1. The number of aromatic nitrogens is 2. The minimum absolute atomic E-state index is 0.0269. The fourth-order valence-electron chi connectivity index (χ4n) is 2.73. The normalized spacial score (nSPS) is 10.6. The number of aryl methyl sites for hydroxylation is 1. The predicted molar refractivity (Wildman–Crippen MR) is 103 cm³/mol. The maximum absolute atomic E-state index is 12.4. The van der Waals surface area contributed by atoms with E-state index in [9.17, 15) is 14.4 Å². The number of pyridine rings is 2. The average Bonchev–Trinajstić information content (AvgIpc) is 3.21. The SMILES string of the molecule is CCn1cc(-c2cc(C(=O)NCC(N)=O)c(N)nc2-c2ccco2)ccc1=O. The molecule has 28 heavy (non-hydrogen) atoms. The first-order valence-corrected chi connectivity index (χ1v) is 8.52. The van der Waals surface area contributed by atoms with Crippen molar-refractivity contribution in [3.8, 4) is 22.6 Å². The van der Waals surface area contributed by atoms with Gasteiger partial charge in [0.1, 0.15) is 11.5 Å². The summed E-state index contributed by atoms with van der Waals surface area (Å²) in [5.74, 6) is -0.830. The van der Waals surface area contributed by atoms with Gasteiger partial charge >= 0.3 is 0 Å². The van der Waals surface area contributed by atoms with Gasteiger partial charge in [0.25, 0.3) is 11.5 Å². The Morgan fingerprint density at radius 2 is 2.07 bits per heavy atom. The van der Waals surface area contributed by atoms with Crippen LogP contribution in [0.5, 0.6) is 0 Å². The van der Waals surface area contributed by atoms with Gasteiger partial charge in [-0.15, -0.1) is 0 Å². The summed E-state index contributed by atoms with van der Waals surface area (Å²) in [4.78, 5) is 39.6. The topological polar surface area (TPSA) is 146 Å². The van der Waals surface area contributed by atoms with Crippen LogP contribution in [0.4, 0.5) is 5.82 Å². The second-order valence-electron chi connectivity index (χ2n) is 5.99. The van der Waals surface area contributed by atoms with Crippen LogP contribution in [-0.2, 0) is 11.3 Å². The largest absolute Gasteiger partial charge is 0.463 e. The molecule has 5 N–H and O–H groups in total. The van der Waals surface area contributed by atoms with Crippen molar-refractivity contribution in [1.82, 2.24) is 14.9 Å². The second-order valence-corrected chi connectivity index (χ2v) is 5.99. The van der Waals surface area contributed by atoms with E-state index in [2.05, 4.69) is 10.3 Å². The standard InChI is InChI=1S/C19H19N5O4/c1-2-24-10-11(5-6-16(24)26)12-8-13(19(27)22-9-15(20)25)18(21)23-17(12)14-4-3-7-28-14/h3-8,10H,2,9H2,1H3,(H2,20,25)(H2,21,23)(H,22,27). The van der Waals surface area contributed by atoms with Gasteiger partial charge in [0.2, 0.25) is 5.91 Å². The van der Waals surface area contributed by atoms with Crippen molar-refractivity contribution in [2.75, 3.05) is 12.3 Å². The van der Waals surface area contributed by atoms with Crippen molar-refractivity contribution in [1.29, 1.82) is 0 Å². The number of furan rings is 1. The quantitative estimate of drug-likeness (QED) is 0.580. The van der Waals surface area contributed by atoms with Gasteiger partial charge in [0.05, 0.1) is 18.4 Å². The minimum atomic E-state index is -0.678. The van der Waals surface area contributed by atoms with Gasteiger partial charge in [-0.05, 0) is 31.2 Å². The smallest absolute Gasteiger partial charge is 0.255 e. The maximum atomic E-state index is 12.4. The molecule has 9 nitrogen and oxygen atoms in total. The van der Waals surface area contributed by atoms with Crippen LogP contribution in [0.1, 0.15) is 17.3 Å². The molecule has 3 heterocycles. The molecule has 0 fully saturated rings. The highest BCUT2D eigenvalue weighted by Gasteiger charge is 2.20. The molecule has 0 saturated carbocycles. The summed E-state index contributed by atoms with van der Waals surface area (Å²) in [5, 5.41) is 2.39. The van der Waals surface area contributed by atoms with Gasteiger partial charge in [-0.1, -0.05) is 0 Å². The van der Waals surface area contributed by atoms with E-state index in [1.54, 1.807) is 30.5 Å². The highest BCUT2D eigenvalue weighted by atomic mass is 16.3. The molecule has 9 heteroatoms. The Bertz CT molecular complexity index is 1090. The number of anilines is 1. The number of carbonyl (C=O) groups excluding carboxylic acids is 2. The Morgan fingerprint density at radius 1 is 1.29 bits per heavy atom. The van der Waals surface area contributed by atoms with Crippen molar-refractivity contribution < 1.29 is 14.0 Å². The van der Waals surface area contributed by atoms with E-state index in [1.165, 1.54) is 16.9 Å². The van der Waals surface area contributed by atoms with E-state index < -0.39 is 11.8 Å². The third-order valence-electron chi connectivity index (χ3n) is 4.11. The molecule has 0 spiro atoms. The van der Waals surface area contributed by atoms with E-state index in [1.807, 2.05) is 6.92 Å². The number of primary amides is 1. The first-order valence-electron chi connectivity index (χ1n) is 8.52. The second kappa shape index (κ2) is 7.78. The number of nitrogens with zero attached hydrogens (tertiary/aromatic N) is 2. The zero-order chi connectivity index (χ0) is 20.3. The van der Waals surface area contributed by atoms with Gasteiger partial charge in [0.15, 0.2) is 5.76 Å². The van der Waals surface area contributed by atoms with Crippen LogP contribution in [-0.4, -0.2) is 27.9 Å². The van der Waals surface area contributed by atoms with Gasteiger partial charge in [-0.25, -0.2) is 4.98 Å². The number of rotatable bonds is 6. The third kappa shape index (κ3) is 3.78. The molecular formula is C19H19N5O4. The molecule has 3 rings (SSSR count). The molecule has 2 amide bonds. The summed E-state index contributed by atoms with van der Waals surface area (Å²) < 4.78 is 6.98. The van der Waals surface area contributed by atoms with Crippen LogP contribution < -0.4 is 22.3 Å². The number of hydrogen-bond acceptors (Lipinski definition) is 6. The molecule has 0 bridgehead atoms. The molecule has 0 aromatic carbocycles. The molecule has 3 aromatic heterocycles. The Hall–Kier alpha value is -3.88. The fourth-order valence-corrected chi connectivity index (χ4v) is 2.73. The number of amides is 2. The summed E-state index contributed by atoms with van der Waals surface area (Å²) in [6.07, 6.45) is 3.17. The van der Waals surface area contributed by atoms with Crippen LogP contribution in [0.15, 0.2) is 52.0 Å². The summed E-state index contributed by atoms with van der Waals surface area (Å²) in [7, 11) is 0. The lowest BCUT2D eigenvalue weighted by atomic mass is 10.0. The van der Waals surface area contributed by atoms with Gasteiger partial charge in [-0.2, -0.15) is 0 Å². The lowest BCUT2D eigenvalue weighted by Crippen LogP contribution is -2.33. The fraction of sp³-hybridized carbons (Fsp3) is 0.158. The maximum Gasteiger partial charge on any atom is 0.255 e. The van der Waals surface area contributed by atoms with Crippen molar-refractivity contribution in [3.63, 3.8) is 0 Å². The first kappa shape index (κ1) is 18.9. The molecule has 0 atom stereocenters. The number of carbonyl (C=O) groups is 2. The molecule has 0 unspecified atom stereocenters. The van der Waals surface area contributed by atoms with E-state index in [-0.39, 0.29) is 23.5 Å². The Balaban J connectivity index is 2.17. The van der Waals surface area contributed by atoms with Crippen molar-refractivity contribution in [3.05, 3.63) is 58.7 Å². The average molecular weight is 381 g/mol. The van der Waals surface area contributed by atoms with Crippen molar-refractivity contribution in [2.24, 2.45) is 5.73 Å². The molecule has 3 aromatic rings. The Labute approximate surface area is 160 Å². The molecular weight excluding hydrogens is 362 g/mol. The molecule has 0 aliphatic rings. The van der Waals surface area contributed by atoms with Gasteiger partial charge in [0, 0.05) is 29.9 Å². The summed E-state index contributed by atoms with van der Waals surface area (Å²) in [5.41, 5.74) is 12.6. The molecule has 0 aliphatic heterocycles. The third-order valence-corrected chi connectivity index (χ3v) is 4.11. The summed E-state index contributed by atoms with van der Waals surface area (Å²) in [6.45, 7) is 2.01. The molecule has 0 saturated heterocycles. The zero-order valence-electron chi connectivity index (χ0n) is 15.1. The number of hydrogen-bond donors (Lipinski definition) is 3. The Morgan fingerprint density at radius 3 is 2.71 bits per heavy atom. The highest BCUT2D eigenvalue weighted by Crippen LogP contribution is 2.33. The molecule has 144 valence electrons. The monoisotopic (exact) mass is 381 g/mol. The van der Waals surface area contributed by atoms with E-state index in [4.69, 9.17) is 15.9 Å². The van der Waals surface area contributed by atoms with E-state index in [0.717, 1.165) is 0 Å². The number of nitrogens with one attached hydrogen (secondary N) is 1. The van der Waals surface area contributed by atoms with Crippen LogP contribution >= 0.6 is 0 Å². The Kier molecular flexibility index (Phi) is 5.25. The molecule has 0 aliphatic carbocycles. The number of nitrogens with two attached hydrogens (primary N) is 2. The minimum Gasteiger partial charge on any atom is -0.463 e. The predicted octanol–water partition coefficient (Wildman–Crippen LogP) is 0.987. The summed E-state index contributed by atoms with van der Waals surface area (Å²) >= 11 is 0. The van der Waals surface area contributed by atoms with Crippen LogP contribution in [0.2, 0.25) is 0 Å². The van der Waals surface area contributed by atoms with Crippen LogP contribution in [0.25, 0.3) is 22.6 Å². The van der Waals surface area contributed by atoms with Crippen molar-refractivity contribution >= 4 is 17.6 Å².